The van der Waals surface area contributed by atoms with E-state index in [9.17, 15) is 0 Å². The van der Waals surface area contributed by atoms with Crippen molar-refractivity contribution >= 4 is 38.9 Å². The van der Waals surface area contributed by atoms with Crippen LogP contribution in [0.1, 0.15) is 44.5 Å². The molecule has 0 bridgehead atoms. The van der Waals surface area contributed by atoms with E-state index in [1.807, 2.05) is 0 Å². The van der Waals surface area contributed by atoms with Crippen LogP contribution in [0, 0.1) is 0 Å². The van der Waals surface area contributed by atoms with Crippen LogP contribution in [0.5, 0.6) is 0 Å². The van der Waals surface area contributed by atoms with Crippen LogP contribution in [-0.2, 0) is 10.8 Å². The molecule has 1 aliphatic heterocycles. The van der Waals surface area contributed by atoms with E-state index < -0.39 is 10.8 Å². The van der Waals surface area contributed by atoms with E-state index in [0.717, 1.165) is 17.1 Å². The highest BCUT2D eigenvalue weighted by molar-refractivity contribution is 6.13. The lowest BCUT2D eigenvalue weighted by Crippen LogP contribution is -2.33. The number of aromatic nitrogens is 1. The first kappa shape index (κ1) is 38.0. The lowest BCUT2D eigenvalue weighted by molar-refractivity contribution is 0.748. The van der Waals surface area contributed by atoms with Crippen molar-refractivity contribution in [1.29, 1.82) is 0 Å². The van der Waals surface area contributed by atoms with Gasteiger partial charge in [-0.05, 0) is 114 Å². The van der Waals surface area contributed by atoms with Crippen molar-refractivity contribution in [1.82, 2.24) is 4.57 Å². The Hall–Kier alpha value is -8.98. The van der Waals surface area contributed by atoms with Crippen LogP contribution in [-0.4, -0.2) is 4.57 Å². The molecule has 16 rings (SSSR count). The molecular weight excluding hydrogens is 845 g/mol. The Labute approximate surface area is 406 Å². The predicted octanol–water partition coefficient (Wildman–Crippen LogP) is 16.9. The number of anilines is 3. The minimum Gasteiger partial charge on any atom is -0.309 e. The molecule has 0 saturated heterocycles. The predicted molar refractivity (Wildman–Crippen MR) is 288 cm³/mol. The highest BCUT2D eigenvalue weighted by Gasteiger charge is 2.54. The van der Waals surface area contributed by atoms with Crippen LogP contribution in [0.25, 0.3) is 72.0 Å². The average Bonchev–Trinajstić information content (AvgIpc) is 4.13. The fraction of sp³-hybridized carbons (Fsp3) is 0.0294. The van der Waals surface area contributed by atoms with Crippen molar-refractivity contribution in [3.63, 3.8) is 0 Å². The normalized spacial score (nSPS) is 15.6. The summed E-state index contributed by atoms with van der Waals surface area (Å²) in [5.74, 6) is 0. The Balaban J connectivity index is 1.02. The van der Waals surface area contributed by atoms with Gasteiger partial charge in [0.25, 0.3) is 0 Å². The number of benzene rings is 11. The zero-order valence-corrected chi connectivity index (χ0v) is 38.1. The number of nitrogens with zero attached hydrogens (tertiary/aromatic N) is 2. The summed E-state index contributed by atoms with van der Waals surface area (Å²) in [7, 11) is 0. The van der Waals surface area contributed by atoms with Crippen molar-refractivity contribution < 1.29 is 0 Å². The van der Waals surface area contributed by atoms with Crippen molar-refractivity contribution in [2.75, 3.05) is 4.90 Å². The molecule has 0 N–H and O–H groups in total. The minimum atomic E-state index is -0.586. The molecule has 1 aromatic heterocycles. The van der Waals surface area contributed by atoms with Crippen LogP contribution in [0.2, 0.25) is 0 Å². The van der Waals surface area contributed by atoms with Gasteiger partial charge in [0.2, 0.25) is 0 Å². The summed E-state index contributed by atoms with van der Waals surface area (Å²) in [6, 6.07) is 96.0. The molecule has 0 saturated carbocycles. The number of fused-ring (bicyclic) bond motifs is 22. The lowest BCUT2D eigenvalue weighted by Gasteiger charge is -2.39. The van der Waals surface area contributed by atoms with Crippen LogP contribution >= 0.6 is 0 Å². The van der Waals surface area contributed by atoms with E-state index in [1.165, 1.54) is 117 Å². The molecule has 11 aromatic carbocycles. The maximum absolute atomic E-state index is 2.59. The molecule has 70 heavy (non-hydrogen) atoms. The van der Waals surface area contributed by atoms with E-state index in [1.54, 1.807) is 0 Å². The van der Waals surface area contributed by atoms with Gasteiger partial charge in [0.1, 0.15) is 0 Å². The van der Waals surface area contributed by atoms with E-state index in [4.69, 9.17) is 0 Å². The standard InChI is InChI=1S/C68H42N2/c1-2-19-43(20-3-1)44-39-41-45(42-40-44)69(62-37-17-32-57-64(62)50-24-6-11-29-54(50)67(57)52-27-9-4-21-46(52)47-22-5-10-28-53(47)67)63-38-18-33-58-65(63)51-25-7-12-30-55(51)68(58)56-31-13-15-36-61(56)70-60-35-14-8-23-48(60)49-26-16-34-59(68)66(49)70/h1-42H. The summed E-state index contributed by atoms with van der Waals surface area (Å²) in [5.41, 5.74) is 26.8. The van der Waals surface area contributed by atoms with Crippen LogP contribution < -0.4 is 4.90 Å². The van der Waals surface area contributed by atoms with Gasteiger partial charge in [-0.2, -0.15) is 0 Å². The Morgan fingerprint density at radius 1 is 0.286 bits per heavy atom. The van der Waals surface area contributed by atoms with Crippen molar-refractivity contribution in [3.05, 3.63) is 299 Å². The fourth-order valence-corrected chi connectivity index (χ4v) is 13.9. The first-order valence-corrected chi connectivity index (χ1v) is 24.5. The number of hydrogen-bond donors (Lipinski definition) is 0. The van der Waals surface area contributed by atoms with Crippen molar-refractivity contribution in [2.45, 2.75) is 10.8 Å². The van der Waals surface area contributed by atoms with Gasteiger partial charge >= 0.3 is 0 Å². The number of hydrogen-bond acceptors (Lipinski definition) is 1. The van der Waals surface area contributed by atoms with Gasteiger partial charge in [-0.25, -0.2) is 0 Å². The summed E-state index contributed by atoms with van der Waals surface area (Å²) in [6.45, 7) is 0. The van der Waals surface area contributed by atoms with Crippen molar-refractivity contribution in [2.24, 2.45) is 0 Å². The fourth-order valence-electron chi connectivity index (χ4n) is 13.9. The summed E-state index contributed by atoms with van der Waals surface area (Å²) in [5, 5.41) is 2.56. The molecule has 1 atom stereocenters. The summed E-state index contributed by atoms with van der Waals surface area (Å²) < 4.78 is 2.53. The number of para-hydroxylation sites is 3. The van der Waals surface area contributed by atoms with Crippen LogP contribution in [0.15, 0.2) is 255 Å². The number of rotatable bonds is 4. The average molecular weight is 887 g/mol. The van der Waals surface area contributed by atoms with Gasteiger partial charge in [0, 0.05) is 27.6 Å². The first-order valence-electron chi connectivity index (χ1n) is 24.5. The third-order valence-electron chi connectivity index (χ3n) is 16.4. The van der Waals surface area contributed by atoms with Gasteiger partial charge in [0.15, 0.2) is 0 Å². The molecule has 0 amide bonds. The Morgan fingerprint density at radius 3 is 1.34 bits per heavy atom. The molecule has 2 heterocycles. The molecule has 324 valence electrons. The highest BCUT2D eigenvalue weighted by atomic mass is 15.2. The van der Waals surface area contributed by atoms with Gasteiger partial charge in [-0.15, -0.1) is 0 Å². The van der Waals surface area contributed by atoms with Crippen LogP contribution in [0.4, 0.5) is 17.1 Å². The first-order chi connectivity index (χ1) is 34.8. The van der Waals surface area contributed by atoms with Crippen LogP contribution in [0.3, 0.4) is 0 Å². The van der Waals surface area contributed by atoms with E-state index in [0.29, 0.717) is 0 Å². The zero-order valence-electron chi connectivity index (χ0n) is 38.1. The Bertz CT molecular complexity index is 4150. The van der Waals surface area contributed by atoms with Crippen molar-refractivity contribution in [3.8, 4) is 50.2 Å². The lowest BCUT2D eigenvalue weighted by atomic mass is 9.65. The van der Waals surface area contributed by atoms with Gasteiger partial charge in [0.05, 0.1) is 38.9 Å². The third-order valence-corrected chi connectivity index (χ3v) is 16.4. The topological polar surface area (TPSA) is 8.17 Å². The monoisotopic (exact) mass is 886 g/mol. The molecule has 12 aromatic rings. The van der Waals surface area contributed by atoms with E-state index >= 15 is 0 Å². The van der Waals surface area contributed by atoms with Gasteiger partial charge in [-0.3, -0.25) is 0 Å². The molecule has 1 unspecified atom stereocenters. The highest BCUT2D eigenvalue weighted by Crippen LogP contribution is 2.67. The smallest absolute Gasteiger partial charge is 0.0755 e. The second kappa shape index (κ2) is 13.8. The Kier molecular flexibility index (Phi) is 7.51. The van der Waals surface area contributed by atoms with Gasteiger partial charge < -0.3 is 9.47 Å². The van der Waals surface area contributed by atoms with E-state index in [-0.39, 0.29) is 0 Å². The maximum atomic E-state index is 2.59. The summed E-state index contributed by atoms with van der Waals surface area (Å²) >= 11 is 0. The maximum Gasteiger partial charge on any atom is 0.0755 e. The second-order valence-electron chi connectivity index (χ2n) is 19.4. The molecule has 3 aliphatic carbocycles. The molecule has 2 spiro atoms. The summed E-state index contributed by atoms with van der Waals surface area (Å²) in [6.07, 6.45) is 0. The summed E-state index contributed by atoms with van der Waals surface area (Å²) in [4.78, 5) is 2.59. The van der Waals surface area contributed by atoms with Gasteiger partial charge in [-0.1, -0.05) is 218 Å². The van der Waals surface area contributed by atoms with E-state index in [2.05, 4.69) is 264 Å². The SMILES string of the molecule is c1ccc(-c2ccc(N(c3cccc4c3-c3ccccc3C43c4ccccc4-c4ccccc43)c3cccc4c3-c3ccccc3C43c4ccccc4-n4c5ccccc5c5cccc3c54)cc2)cc1. The molecular formula is C68H42N2. The largest absolute Gasteiger partial charge is 0.309 e. The minimum absolute atomic E-state index is 0.476. The second-order valence-corrected chi connectivity index (χ2v) is 19.4. The Morgan fingerprint density at radius 2 is 0.714 bits per heavy atom. The molecule has 2 nitrogen and oxygen atoms in total. The molecule has 0 radical (unpaired) electrons. The quantitative estimate of drug-likeness (QED) is 0.171. The zero-order chi connectivity index (χ0) is 45.7. The molecule has 2 heteroatoms. The third kappa shape index (κ3) is 4.55. The molecule has 4 aliphatic rings. The molecule has 0 fully saturated rings.